The molecule has 2 aromatic rings. The average molecular weight is 288 g/mol. The third-order valence-corrected chi connectivity index (χ3v) is 4.72. The second-order valence-corrected chi connectivity index (χ2v) is 6.29. The highest BCUT2D eigenvalue weighted by Crippen LogP contribution is 2.39. The van der Waals surface area contributed by atoms with Gasteiger partial charge in [0.1, 0.15) is 17.5 Å². The third kappa shape index (κ3) is 2.63. The molecule has 4 nitrogen and oxygen atoms in total. The molecule has 2 heterocycles. The molecule has 2 aromatic heterocycles. The van der Waals surface area contributed by atoms with Crippen molar-refractivity contribution < 1.29 is 0 Å². The van der Waals surface area contributed by atoms with Gasteiger partial charge in [0.05, 0.1) is 6.04 Å². The highest BCUT2D eigenvalue weighted by Gasteiger charge is 2.28. The van der Waals surface area contributed by atoms with Crippen molar-refractivity contribution in [1.29, 1.82) is 0 Å². The highest BCUT2D eigenvalue weighted by molar-refractivity contribution is 7.10. The Bertz CT molecular complexity index is 590. The van der Waals surface area contributed by atoms with Crippen molar-refractivity contribution in [3.63, 3.8) is 0 Å². The second-order valence-electron chi connectivity index (χ2n) is 5.31. The van der Waals surface area contributed by atoms with Crippen molar-refractivity contribution in [2.75, 3.05) is 17.7 Å². The summed E-state index contributed by atoms with van der Waals surface area (Å²) in [6.07, 6.45) is 2.43. The summed E-state index contributed by atoms with van der Waals surface area (Å²) >= 11 is 1.77. The zero-order valence-electron chi connectivity index (χ0n) is 12.1. The van der Waals surface area contributed by atoms with Crippen LogP contribution in [0.3, 0.4) is 0 Å². The Kier molecular flexibility index (Phi) is 3.61. The van der Waals surface area contributed by atoms with E-state index in [1.165, 1.54) is 17.7 Å². The van der Waals surface area contributed by atoms with Crippen LogP contribution in [0.4, 0.5) is 11.6 Å². The summed E-state index contributed by atoms with van der Waals surface area (Å²) in [5.41, 5.74) is 1.08. The van der Waals surface area contributed by atoms with Crippen LogP contribution in [0.15, 0.2) is 17.5 Å². The standard InChI is InChI=1S/C15H20N4S/c1-9-13(16-3)18-15(11-6-7-11)19-14(9)17-10(2)12-5-4-8-20-12/h4-5,8,10-11H,6-7H2,1-3H3,(H2,16,17,18,19). The fourth-order valence-corrected chi connectivity index (χ4v) is 2.99. The molecule has 106 valence electrons. The predicted molar refractivity (Wildman–Crippen MR) is 84.6 cm³/mol. The zero-order valence-corrected chi connectivity index (χ0v) is 12.9. The Labute approximate surface area is 123 Å². The van der Waals surface area contributed by atoms with Gasteiger partial charge >= 0.3 is 0 Å². The van der Waals surface area contributed by atoms with Gasteiger partial charge in [0.15, 0.2) is 0 Å². The zero-order chi connectivity index (χ0) is 14.1. The second kappa shape index (κ2) is 5.40. The fraction of sp³-hybridized carbons (Fsp3) is 0.467. The van der Waals surface area contributed by atoms with Gasteiger partial charge in [0, 0.05) is 23.4 Å². The molecule has 0 aliphatic heterocycles. The van der Waals surface area contributed by atoms with Crippen molar-refractivity contribution in [2.45, 2.75) is 38.6 Å². The highest BCUT2D eigenvalue weighted by atomic mass is 32.1. The Morgan fingerprint density at radius 1 is 1.30 bits per heavy atom. The molecule has 0 aromatic carbocycles. The normalized spacial score (nSPS) is 15.9. The van der Waals surface area contributed by atoms with Crippen LogP contribution in [0.2, 0.25) is 0 Å². The third-order valence-electron chi connectivity index (χ3n) is 3.67. The summed E-state index contributed by atoms with van der Waals surface area (Å²) in [7, 11) is 1.92. The molecule has 1 unspecified atom stereocenters. The van der Waals surface area contributed by atoms with Gasteiger partial charge in [-0.3, -0.25) is 0 Å². The number of nitrogens with one attached hydrogen (secondary N) is 2. The van der Waals surface area contributed by atoms with Crippen LogP contribution in [-0.4, -0.2) is 17.0 Å². The van der Waals surface area contributed by atoms with Crippen LogP contribution in [0.1, 0.15) is 48.0 Å². The Hall–Kier alpha value is -1.62. The molecule has 0 spiro atoms. The molecule has 1 atom stereocenters. The van der Waals surface area contributed by atoms with E-state index in [1.807, 2.05) is 7.05 Å². The van der Waals surface area contributed by atoms with Crippen LogP contribution in [0, 0.1) is 6.92 Å². The Balaban J connectivity index is 1.89. The molecule has 2 N–H and O–H groups in total. The van der Waals surface area contributed by atoms with E-state index in [4.69, 9.17) is 4.98 Å². The molecule has 20 heavy (non-hydrogen) atoms. The quantitative estimate of drug-likeness (QED) is 0.875. The number of anilines is 2. The SMILES string of the molecule is CNc1nc(C2CC2)nc(NC(C)c2cccs2)c1C. The average Bonchev–Trinajstić information content (AvgIpc) is 3.15. The minimum Gasteiger partial charge on any atom is -0.373 e. The number of aromatic nitrogens is 2. The summed E-state index contributed by atoms with van der Waals surface area (Å²) < 4.78 is 0. The lowest BCUT2D eigenvalue weighted by Crippen LogP contribution is -2.12. The smallest absolute Gasteiger partial charge is 0.136 e. The van der Waals surface area contributed by atoms with Crippen LogP contribution in [0.25, 0.3) is 0 Å². The summed E-state index contributed by atoms with van der Waals surface area (Å²) in [6, 6.07) is 4.50. The van der Waals surface area contributed by atoms with E-state index in [2.05, 4.69) is 47.0 Å². The van der Waals surface area contributed by atoms with E-state index in [0.717, 1.165) is 23.0 Å². The van der Waals surface area contributed by atoms with E-state index >= 15 is 0 Å². The van der Waals surface area contributed by atoms with Crippen molar-refractivity contribution in [3.05, 3.63) is 33.8 Å². The number of rotatable bonds is 5. The van der Waals surface area contributed by atoms with Crippen LogP contribution < -0.4 is 10.6 Å². The first-order valence-corrected chi connectivity index (χ1v) is 7.93. The van der Waals surface area contributed by atoms with Gasteiger partial charge in [-0.2, -0.15) is 0 Å². The van der Waals surface area contributed by atoms with E-state index < -0.39 is 0 Å². The molecule has 0 bridgehead atoms. The Morgan fingerprint density at radius 3 is 2.65 bits per heavy atom. The fourth-order valence-electron chi connectivity index (χ4n) is 2.26. The van der Waals surface area contributed by atoms with E-state index in [9.17, 15) is 0 Å². The molecule has 1 aliphatic rings. The molecule has 0 saturated heterocycles. The molecule has 0 radical (unpaired) electrons. The number of nitrogens with zero attached hydrogens (tertiary/aromatic N) is 2. The first kappa shape index (κ1) is 13.4. The predicted octanol–water partition coefficient (Wildman–Crippen LogP) is 3.94. The number of hydrogen-bond donors (Lipinski definition) is 2. The first-order valence-electron chi connectivity index (χ1n) is 7.05. The molecule has 3 rings (SSSR count). The van der Waals surface area contributed by atoms with Gasteiger partial charge in [0.2, 0.25) is 0 Å². The molecule has 1 fully saturated rings. The van der Waals surface area contributed by atoms with Crippen molar-refractivity contribution >= 4 is 23.0 Å². The summed E-state index contributed by atoms with van der Waals surface area (Å²) in [5.74, 6) is 3.41. The molecular weight excluding hydrogens is 268 g/mol. The van der Waals surface area contributed by atoms with Gasteiger partial charge in [-0.25, -0.2) is 9.97 Å². The first-order chi connectivity index (χ1) is 9.69. The van der Waals surface area contributed by atoms with Gasteiger partial charge in [-0.05, 0) is 38.1 Å². The lowest BCUT2D eigenvalue weighted by Gasteiger charge is -2.17. The van der Waals surface area contributed by atoms with E-state index in [1.54, 1.807) is 11.3 Å². The lowest BCUT2D eigenvalue weighted by atomic mass is 10.2. The minimum absolute atomic E-state index is 0.264. The Morgan fingerprint density at radius 2 is 2.05 bits per heavy atom. The van der Waals surface area contributed by atoms with Crippen molar-refractivity contribution in [3.8, 4) is 0 Å². The van der Waals surface area contributed by atoms with E-state index in [-0.39, 0.29) is 6.04 Å². The molecular formula is C15H20N4S. The monoisotopic (exact) mass is 288 g/mol. The van der Waals surface area contributed by atoms with Gasteiger partial charge in [0.25, 0.3) is 0 Å². The van der Waals surface area contributed by atoms with Gasteiger partial charge < -0.3 is 10.6 Å². The maximum atomic E-state index is 4.74. The maximum absolute atomic E-state index is 4.74. The summed E-state index contributed by atoms with van der Waals surface area (Å²) in [4.78, 5) is 10.7. The summed E-state index contributed by atoms with van der Waals surface area (Å²) in [6.45, 7) is 4.23. The molecule has 1 saturated carbocycles. The number of thiophene rings is 1. The topological polar surface area (TPSA) is 49.8 Å². The largest absolute Gasteiger partial charge is 0.373 e. The molecule has 1 aliphatic carbocycles. The number of hydrogen-bond acceptors (Lipinski definition) is 5. The minimum atomic E-state index is 0.264. The molecule has 5 heteroatoms. The van der Waals surface area contributed by atoms with Gasteiger partial charge in [-0.15, -0.1) is 11.3 Å². The molecule has 0 amide bonds. The van der Waals surface area contributed by atoms with Crippen LogP contribution in [-0.2, 0) is 0 Å². The summed E-state index contributed by atoms with van der Waals surface area (Å²) in [5, 5.41) is 8.81. The van der Waals surface area contributed by atoms with Crippen LogP contribution >= 0.6 is 11.3 Å². The van der Waals surface area contributed by atoms with Crippen molar-refractivity contribution in [2.24, 2.45) is 0 Å². The lowest BCUT2D eigenvalue weighted by molar-refractivity contribution is 0.863. The maximum Gasteiger partial charge on any atom is 0.136 e. The van der Waals surface area contributed by atoms with Crippen LogP contribution in [0.5, 0.6) is 0 Å². The van der Waals surface area contributed by atoms with Crippen molar-refractivity contribution in [1.82, 2.24) is 9.97 Å². The van der Waals surface area contributed by atoms with E-state index in [0.29, 0.717) is 5.92 Å². The van der Waals surface area contributed by atoms with Gasteiger partial charge in [-0.1, -0.05) is 6.07 Å².